The average Bonchev–Trinajstić information content (AvgIpc) is 2.82. The Morgan fingerprint density at radius 3 is 2.28 bits per heavy atom. The fraction of sp³-hybridized carbons (Fsp3) is 0.882. The second-order valence-electron chi connectivity index (χ2n) is 6.59. The van der Waals surface area contributed by atoms with E-state index in [1.165, 1.54) is 0 Å². The van der Waals surface area contributed by atoms with Gasteiger partial charge in [0.2, 0.25) is 0 Å². The summed E-state index contributed by atoms with van der Waals surface area (Å²) in [5, 5.41) is 0. The molecule has 0 N–H and O–H groups in total. The Kier molecular flexibility index (Phi) is 7.80. The molecule has 1 saturated heterocycles. The van der Waals surface area contributed by atoms with Crippen molar-refractivity contribution in [2.75, 3.05) is 19.8 Å². The zero-order valence-electron chi connectivity index (χ0n) is 16.1. The highest BCUT2D eigenvalue weighted by Gasteiger charge is 2.49. The van der Waals surface area contributed by atoms with Crippen molar-refractivity contribution in [1.29, 1.82) is 0 Å². The minimum Gasteiger partial charge on any atom is -0.464 e. The maximum Gasteiger partial charge on any atom is 0.338 e. The molecule has 0 amide bonds. The maximum absolute atomic E-state index is 12.1. The van der Waals surface area contributed by atoms with Crippen molar-refractivity contribution in [3.63, 3.8) is 0 Å². The number of rotatable bonds is 9. The van der Waals surface area contributed by atoms with Gasteiger partial charge in [-0.1, -0.05) is 0 Å². The third kappa shape index (κ3) is 6.89. The highest BCUT2D eigenvalue weighted by molar-refractivity contribution is 5.76. The molecule has 1 heterocycles. The highest BCUT2D eigenvalue weighted by atomic mass is 16.8. The van der Waals surface area contributed by atoms with Gasteiger partial charge in [0, 0.05) is 0 Å². The lowest BCUT2D eigenvalue weighted by Crippen LogP contribution is -2.45. The molecule has 0 saturated carbocycles. The van der Waals surface area contributed by atoms with Gasteiger partial charge < -0.3 is 28.4 Å². The Balaban J connectivity index is 2.70. The zero-order chi connectivity index (χ0) is 19.3. The monoisotopic (exact) mass is 362 g/mol. The maximum atomic E-state index is 12.1. The van der Waals surface area contributed by atoms with E-state index in [9.17, 15) is 9.59 Å². The van der Waals surface area contributed by atoms with E-state index in [1.807, 2.05) is 0 Å². The molecule has 0 radical (unpaired) electrons. The van der Waals surface area contributed by atoms with Crippen molar-refractivity contribution in [3.8, 4) is 0 Å². The van der Waals surface area contributed by atoms with Crippen LogP contribution in [0.1, 0.15) is 48.5 Å². The van der Waals surface area contributed by atoms with Crippen molar-refractivity contribution in [1.82, 2.24) is 0 Å². The second-order valence-corrected chi connectivity index (χ2v) is 6.59. The summed E-state index contributed by atoms with van der Waals surface area (Å²) < 4.78 is 32.6. The van der Waals surface area contributed by atoms with Crippen LogP contribution in [0.25, 0.3) is 0 Å². The van der Waals surface area contributed by atoms with Crippen LogP contribution < -0.4 is 0 Å². The van der Waals surface area contributed by atoms with Gasteiger partial charge in [0.05, 0.1) is 19.3 Å². The number of carbonyl (C=O) groups is 2. The van der Waals surface area contributed by atoms with Gasteiger partial charge in [0.1, 0.15) is 12.7 Å². The van der Waals surface area contributed by atoms with Gasteiger partial charge in [-0.05, 0) is 48.5 Å². The van der Waals surface area contributed by atoms with Crippen LogP contribution in [0.3, 0.4) is 0 Å². The van der Waals surface area contributed by atoms with E-state index in [1.54, 1.807) is 48.5 Å². The van der Waals surface area contributed by atoms with Gasteiger partial charge in [-0.3, -0.25) is 0 Å². The lowest BCUT2D eigenvalue weighted by Gasteiger charge is -2.32. The molecule has 0 bridgehead atoms. The average molecular weight is 362 g/mol. The van der Waals surface area contributed by atoms with Crippen molar-refractivity contribution >= 4 is 11.9 Å². The zero-order valence-corrected chi connectivity index (χ0v) is 16.1. The van der Waals surface area contributed by atoms with Crippen molar-refractivity contribution in [2.24, 2.45) is 0 Å². The van der Waals surface area contributed by atoms with Crippen molar-refractivity contribution in [2.45, 2.75) is 78.4 Å². The molecule has 1 aliphatic heterocycles. The third-order valence-electron chi connectivity index (χ3n) is 3.42. The normalized spacial score (nSPS) is 24.0. The van der Waals surface area contributed by atoms with Crippen molar-refractivity contribution < 1.29 is 38.0 Å². The number of hydrogen-bond acceptors (Lipinski definition) is 8. The quantitative estimate of drug-likeness (QED) is 0.453. The molecule has 3 atom stereocenters. The summed E-state index contributed by atoms with van der Waals surface area (Å²) in [6.45, 7) is 12.3. The summed E-state index contributed by atoms with van der Waals surface area (Å²) in [6.07, 6.45) is -2.11. The van der Waals surface area contributed by atoms with E-state index < -0.39 is 41.8 Å². The third-order valence-corrected chi connectivity index (χ3v) is 3.42. The summed E-state index contributed by atoms with van der Waals surface area (Å²) in [5.74, 6) is -2.99. The molecule has 0 spiro atoms. The van der Waals surface area contributed by atoms with E-state index in [0.29, 0.717) is 0 Å². The Morgan fingerprint density at radius 1 is 1.12 bits per heavy atom. The first kappa shape index (κ1) is 21.8. The van der Waals surface area contributed by atoms with Crippen LogP contribution in [0.15, 0.2) is 0 Å². The Morgan fingerprint density at radius 2 is 1.72 bits per heavy atom. The standard InChI is InChI=1S/C17H30O8/c1-8-20-12(18)10-22-16(4,5)23-11(3)13-14(15(19)21-9-2)25-17(6,7)24-13/h11,13-14H,8-10H2,1-7H3/t11-,13-,14+/m1/s1. The van der Waals surface area contributed by atoms with E-state index in [0.717, 1.165) is 0 Å². The number of hydrogen-bond donors (Lipinski definition) is 0. The topological polar surface area (TPSA) is 89.5 Å². The summed E-state index contributed by atoms with van der Waals surface area (Å²) >= 11 is 0. The number of carbonyl (C=O) groups excluding carboxylic acids is 2. The number of ether oxygens (including phenoxy) is 6. The Bertz CT molecular complexity index is 460. The predicted octanol–water partition coefficient (Wildman–Crippen LogP) is 1.79. The minimum absolute atomic E-state index is 0.234. The summed E-state index contributed by atoms with van der Waals surface area (Å²) in [4.78, 5) is 23.5. The van der Waals surface area contributed by atoms with E-state index in [-0.39, 0.29) is 19.8 Å². The van der Waals surface area contributed by atoms with E-state index >= 15 is 0 Å². The van der Waals surface area contributed by atoms with Crippen LogP contribution in [-0.4, -0.2) is 61.6 Å². The molecular weight excluding hydrogens is 332 g/mol. The molecule has 1 aliphatic rings. The van der Waals surface area contributed by atoms with Crippen LogP contribution in [0, 0.1) is 0 Å². The fourth-order valence-electron chi connectivity index (χ4n) is 2.52. The molecule has 0 aromatic heterocycles. The minimum atomic E-state index is -1.08. The van der Waals surface area contributed by atoms with Crippen molar-refractivity contribution in [3.05, 3.63) is 0 Å². The molecule has 0 aliphatic carbocycles. The van der Waals surface area contributed by atoms with Gasteiger partial charge in [-0.15, -0.1) is 0 Å². The van der Waals surface area contributed by atoms with Crippen LogP contribution in [0.2, 0.25) is 0 Å². The number of esters is 2. The Labute approximate surface area is 149 Å². The summed E-state index contributed by atoms with van der Waals surface area (Å²) in [6, 6.07) is 0. The van der Waals surface area contributed by atoms with Crippen LogP contribution in [-0.2, 0) is 38.0 Å². The Hall–Kier alpha value is -1.22. The fourth-order valence-corrected chi connectivity index (χ4v) is 2.52. The lowest BCUT2D eigenvalue weighted by molar-refractivity contribution is -0.255. The van der Waals surface area contributed by atoms with Gasteiger partial charge >= 0.3 is 11.9 Å². The smallest absolute Gasteiger partial charge is 0.338 e. The van der Waals surface area contributed by atoms with Gasteiger partial charge in [-0.25, -0.2) is 9.59 Å². The molecule has 1 fully saturated rings. The van der Waals surface area contributed by atoms with Crippen LogP contribution >= 0.6 is 0 Å². The second kappa shape index (κ2) is 8.93. The van der Waals surface area contributed by atoms with Gasteiger partial charge in [0.25, 0.3) is 0 Å². The van der Waals surface area contributed by atoms with Crippen LogP contribution in [0.4, 0.5) is 0 Å². The first-order chi connectivity index (χ1) is 11.5. The molecule has 146 valence electrons. The molecule has 0 aromatic rings. The van der Waals surface area contributed by atoms with E-state index in [4.69, 9.17) is 28.4 Å². The van der Waals surface area contributed by atoms with Crippen LogP contribution in [0.5, 0.6) is 0 Å². The SMILES string of the molecule is CCOC(=O)COC(C)(C)O[C@H](C)[C@H]1OC(C)(C)O[C@@H]1C(=O)OCC. The largest absolute Gasteiger partial charge is 0.464 e. The summed E-state index contributed by atoms with van der Waals surface area (Å²) in [5.41, 5.74) is 0. The predicted molar refractivity (Wildman–Crippen MR) is 87.7 cm³/mol. The molecule has 25 heavy (non-hydrogen) atoms. The first-order valence-electron chi connectivity index (χ1n) is 8.51. The molecule has 8 heteroatoms. The summed E-state index contributed by atoms with van der Waals surface area (Å²) in [7, 11) is 0. The van der Waals surface area contributed by atoms with Gasteiger partial charge in [-0.2, -0.15) is 0 Å². The molecule has 0 unspecified atom stereocenters. The highest BCUT2D eigenvalue weighted by Crippen LogP contribution is 2.33. The molecule has 0 aromatic carbocycles. The molecular formula is C17H30O8. The van der Waals surface area contributed by atoms with Gasteiger partial charge in [0.15, 0.2) is 17.7 Å². The lowest BCUT2D eigenvalue weighted by atomic mass is 10.1. The van der Waals surface area contributed by atoms with E-state index in [2.05, 4.69) is 0 Å². The molecule has 1 rings (SSSR count). The first-order valence-corrected chi connectivity index (χ1v) is 8.51. The molecule has 8 nitrogen and oxygen atoms in total.